The number of rotatable bonds is 4. The highest BCUT2D eigenvalue weighted by Crippen LogP contribution is 2.26. The zero-order valence-corrected chi connectivity index (χ0v) is 11.8. The normalized spacial score (nSPS) is 14.7. The third-order valence-corrected chi connectivity index (χ3v) is 3.09. The molecular formula is C15H22N2O2. The maximum atomic E-state index is 11.6. The summed E-state index contributed by atoms with van der Waals surface area (Å²) in [5, 5.41) is 5.78. The van der Waals surface area contributed by atoms with Crippen LogP contribution in [0, 0.1) is 0 Å². The minimum absolute atomic E-state index is 0.105. The summed E-state index contributed by atoms with van der Waals surface area (Å²) < 4.78 is 5.49. The molecule has 0 fully saturated rings. The van der Waals surface area contributed by atoms with Crippen LogP contribution < -0.4 is 15.4 Å². The Bertz CT molecular complexity index is 457. The number of nitrogens with one attached hydrogen (secondary N) is 2. The zero-order valence-electron chi connectivity index (χ0n) is 11.8. The SMILES string of the molecule is CC(C)NC(=O)NC(C)Cc1ccc2c(c1)CCO2. The van der Waals surface area contributed by atoms with E-state index in [1.807, 2.05) is 26.8 Å². The molecule has 19 heavy (non-hydrogen) atoms. The van der Waals surface area contributed by atoms with Gasteiger partial charge < -0.3 is 15.4 Å². The summed E-state index contributed by atoms with van der Waals surface area (Å²) >= 11 is 0. The monoisotopic (exact) mass is 262 g/mol. The summed E-state index contributed by atoms with van der Waals surface area (Å²) in [5.41, 5.74) is 2.51. The number of amides is 2. The molecule has 2 rings (SSSR count). The van der Waals surface area contributed by atoms with Crippen molar-refractivity contribution < 1.29 is 9.53 Å². The van der Waals surface area contributed by atoms with E-state index in [1.54, 1.807) is 0 Å². The summed E-state index contributed by atoms with van der Waals surface area (Å²) in [6.07, 6.45) is 1.82. The van der Waals surface area contributed by atoms with Gasteiger partial charge in [-0.05, 0) is 44.4 Å². The van der Waals surface area contributed by atoms with Crippen molar-refractivity contribution in [1.82, 2.24) is 10.6 Å². The van der Waals surface area contributed by atoms with Gasteiger partial charge in [-0.2, -0.15) is 0 Å². The minimum atomic E-state index is -0.105. The van der Waals surface area contributed by atoms with Gasteiger partial charge in [-0.3, -0.25) is 0 Å². The lowest BCUT2D eigenvalue weighted by Gasteiger charge is -2.16. The van der Waals surface area contributed by atoms with E-state index in [1.165, 1.54) is 11.1 Å². The molecule has 0 spiro atoms. The molecule has 1 aliphatic rings. The number of fused-ring (bicyclic) bond motifs is 1. The van der Waals surface area contributed by atoms with Gasteiger partial charge in [0.15, 0.2) is 0 Å². The number of hydrogen-bond donors (Lipinski definition) is 2. The Kier molecular flexibility index (Phi) is 4.30. The quantitative estimate of drug-likeness (QED) is 0.874. The van der Waals surface area contributed by atoms with Crippen LogP contribution in [0.4, 0.5) is 4.79 Å². The fourth-order valence-corrected chi connectivity index (χ4v) is 2.30. The molecule has 0 saturated carbocycles. The number of ether oxygens (including phenoxy) is 1. The Balaban J connectivity index is 1.88. The lowest BCUT2D eigenvalue weighted by atomic mass is 10.0. The number of benzene rings is 1. The van der Waals surface area contributed by atoms with Crippen molar-refractivity contribution in [2.24, 2.45) is 0 Å². The Morgan fingerprint density at radius 2 is 2.11 bits per heavy atom. The van der Waals surface area contributed by atoms with E-state index >= 15 is 0 Å². The van der Waals surface area contributed by atoms with Crippen LogP contribution in [0.15, 0.2) is 18.2 Å². The lowest BCUT2D eigenvalue weighted by Crippen LogP contribution is -2.44. The van der Waals surface area contributed by atoms with Gasteiger partial charge >= 0.3 is 6.03 Å². The molecule has 0 aromatic heterocycles. The first kappa shape index (κ1) is 13.7. The molecule has 4 nitrogen and oxygen atoms in total. The molecular weight excluding hydrogens is 240 g/mol. The molecule has 2 amide bonds. The van der Waals surface area contributed by atoms with Crippen molar-refractivity contribution in [3.63, 3.8) is 0 Å². The van der Waals surface area contributed by atoms with E-state index in [0.29, 0.717) is 0 Å². The second-order valence-corrected chi connectivity index (χ2v) is 5.42. The van der Waals surface area contributed by atoms with Crippen LogP contribution >= 0.6 is 0 Å². The van der Waals surface area contributed by atoms with Crippen LogP contribution in [0.1, 0.15) is 31.9 Å². The number of carbonyl (C=O) groups excluding carboxylic acids is 1. The van der Waals surface area contributed by atoms with E-state index in [2.05, 4.69) is 22.8 Å². The molecule has 2 N–H and O–H groups in total. The first-order valence-electron chi connectivity index (χ1n) is 6.86. The molecule has 1 aromatic rings. The summed E-state index contributed by atoms with van der Waals surface area (Å²) in [7, 11) is 0. The Labute approximate surface area is 114 Å². The van der Waals surface area contributed by atoms with Gasteiger partial charge in [0.05, 0.1) is 6.61 Å². The van der Waals surface area contributed by atoms with Crippen LogP contribution in [-0.2, 0) is 12.8 Å². The second-order valence-electron chi connectivity index (χ2n) is 5.42. The minimum Gasteiger partial charge on any atom is -0.493 e. The van der Waals surface area contributed by atoms with Crippen LogP contribution in [0.5, 0.6) is 5.75 Å². The fraction of sp³-hybridized carbons (Fsp3) is 0.533. The van der Waals surface area contributed by atoms with E-state index in [9.17, 15) is 4.79 Å². The summed E-state index contributed by atoms with van der Waals surface area (Å²) in [6.45, 7) is 6.70. The van der Waals surface area contributed by atoms with Crippen molar-refractivity contribution in [1.29, 1.82) is 0 Å². The third kappa shape index (κ3) is 3.88. The summed E-state index contributed by atoms with van der Waals surface area (Å²) in [5.74, 6) is 1.00. The number of hydrogen-bond acceptors (Lipinski definition) is 2. The number of carbonyl (C=O) groups is 1. The molecule has 1 aromatic carbocycles. The topological polar surface area (TPSA) is 50.4 Å². The van der Waals surface area contributed by atoms with Gasteiger partial charge in [-0.25, -0.2) is 4.79 Å². The zero-order chi connectivity index (χ0) is 13.8. The lowest BCUT2D eigenvalue weighted by molar-refractivity contribution is 0.235. The average molecular weight is 262 g/mol. The van der Waals surface area contributed by atoms with Crippen molar-refractivity contribution in [3.8, 4) is 5.75 Å². The molecule has 0 radical (unpaired) electrons. The molecule has 1 atom stereocenters. The smallest absolute Gasteiger partial charge is 0.315 e. The van der Waals surface area contributed by atoms with Crippen LogP contribution in [0.3, 0.4) is 0 Å². The molecule has 0 aliphatic carbocycles. The van der Waals surface area contributed by atoms with Crippen molar-refractivity contribution >= 4 is 6.03 Å². The van der Waals surface area contributed by atoms with Gasteiger partial charge in [-0.1, -0.05) is 12.1 Å². The van der Waals surface area contributed by atoms with E-state index in [-0.39, 0.29) is 18.1 Å². The maximum Gasteiger partial charge on any atom is 0.315 e. The van der Waals surface area contributed by atoms with Crippen LogP contribution in [0.2, 0.25) is 0 Å². The molecule has 1 aliphatic heterocycles. The molecule has 0 bridgehead atoms. The van der Waals surface area contributed by atoms with Crippen molar-refractivity contribution in [2.45, 2.75) is 45.7 Å². The number of urea groups is 1. The van der Waals surface area contributed by atoms with Crippen LogP contribution in [-0.4, -0.2) is 24.7 Å². The van der Waals surface area contributed by atoms with Gasteiger partial charge in [0.1, 0.15) is 5.75 Å². The first-order valence-corrected chi connectivity index (χ1v) is 6.86. The molecule has 1 heterocycles. The summed E-state index contributed by atoms with van der Waals surface area (Å²) in [6, 6.07) is 6.44. The highest BCUT2D eigenvalue weighted by atomic mass is 16.5. The molecule has 1 unspecified atom stereocenters. The maximum absolute atomic E-state index is 11.6. The summed E-state index contributed by atoms with van der Waals surface area (Å²) in [4.78, 5) is 11.6. The van der Waals surface area contributed by atoms with E-state index < -0.39 is 0 Å². The molecule has 0 saturated heterocycles. The Morgan fingerprint density at radius 3 is 2.84 bits per heavy atom. The molecule has 104 valence electrons. The second kappa shape index (κ2) is 5.95. The Morgan fingerprint density at radius 1 is 1.32 bits per heavy atom. The van der Waals surface area contributed by atoms with Crippen molar-refractivity contribution in [3.05, 3.63) is 29.3 Å². The fourth-order valence-electron chi connectivity index (χ4n) is 2.30. The largest absolute Gasteiger partial charge is 0.493 e. The Hall–Kier alpha value is -1.71. The average Bonchev–Trinajstić information content (AvgIpc) is 2.74. The predicted molar refractivity (Wildman–Crippen MR) is 75.6 cm³/mol. The van der Waals surface area contributed by atoms with E-state index in [4.69, 9.17) is 4.74 Å². The van der Waals surface area contributed by atoms with Crippen LogP contribution in [0.25, 0.3) is 0 Å². The standard InChI is InChI=1S/C15H22N2O2/c1-10(2)16-15(18)17-11(3)8-12-4-5-14-13(9-12)6-7-19-14/h4-5,9-11H,6-8H2,1-3H3,(H2,16,17,18). The molecule has 4 heteroatoms. The highest BCUT2D eigenvalue weighted by Gasteiger charge is 2.14. The third-order valence-electron chi connectivity index (χ3n) is 3.09. The predicted octanol–water partition coefficient (Wildman–Crippen LogP) is 2.26. The highest BCUT2D eigenvalue weighted by molar-refractivity contribution is 5.74. The first-order chi connectivity index (χ1) is 9.04. The van der Waals surface area contributed by atoms with E-state index in [0.717, 1.165) is 25.2 Å². The van der Waals surface area contributed by atoms with Gasteiger partial charge in [0.25, 0.3) is 0 Å². The van der Waals surface area contributed by atoms with Crippen molar-refractivity contribution in [2.75, 3.05) is 6.61 Å². The van der Waals surface area contributed by atoms with Gasteiger partial charge in [-0.15, -0.1) is 0 Å². The van der Waals surface area contributed by atoms with Gasteiger partial charge in [0, 0.05) is 18.5 Å². The van der Waals surface area contributed by atoms with Gasteiger partial charge in [0.2, 0.25) is 0 Å².